The summed E-state index contributed by atoms with van der Waals surface area (Å²) >= 11 is 0. The number of rotatable bonds is 9. The van der Waals surface area contributed by atoms with Crippen LogP contribution in [0.25, 0.3) is 0 Å². The van der Waals surface area contributed by atoms with Gasteiger partial charge in [-0.3, -0.25) is 9.59 Å². The highest BCUT2D eigenvalue weighted by Gasteiger charge is 2.46. The van der Waals surface area contributed by atoms with Crippen LogP contribution in [0.1, 0.15) is 118 Å². The molecule has 0 saturated heterocycles. The Labute approximate surface area is 226 Å². The van der Waals surface area contributed by atoms with Gasteiger partial charge in [-0.25, -0.2) is 0 Å². The van der Waals surface area contributed by atoms with E-state index in [1.165, 1.54) is 11.1 Å². The van der Waals surface area contributed by atoms with Gasteiger partial charge in [0.15, 0.2) is 5.78 Å². The molecule has 1 N–H and O–H groups in total. The fourth-order valence-corrected chi connectivity index (χ4v) is 5.85. The highest BCUT2D eigenvalue weighted by atomic mass is 16.3. The summed E-state index contributed by atoms with van der Waals surface area (Å²) in [5.41, 5.74) is 3.91. The van der Waals surface area contributed by atoms with Crippen molar-refractivity contribution in [3.05, 3.63) is 69.8 Å². The van der Waals surface area contributed by atoms with Gasteiger partial charge in [-0.15, -0.1) is 0 Å². The zero-order chi connectivity index (χ0) is 27.6. The molecule has 0 spiro atoms. The Morgan fingerprint density at radius 1 is 0.838 bits per heavy atom. The summed E-state index contributed by atoms with van der Waals surface area (Å²) in [6.07, 6.45) is 2.31. The largest absolute Gasteiger partial charge is 0.389 e. The molecule has 0 radical (unpaired) electrons. The van der Waals surface area contributed by atoms with E-state index in [0.717, 1.165) is 29.5 Å². The van der Waals surface area contributed by atoms with Gasteiger partial charge >= 0.3 is 0 Å². The second-order valence-electron chi connectivity index (χ2n) is 11.7. The van der Waals surface area contributed by atoms with Crippen LogP contribution in [-0.4, -0.2) is 41.4 Å². The molecular formula is C33H51NO3. The predicted molar refractivity (Wildman–Crippen MR) is 157 cm³/mol. The Bertz CT molecular complexity index is 1110. The number of ketones is 1. The second kappa shape index (κ2) is 11.9. The van der Waals surface area contributed by atoms with Gasteiger partial charge in [0.25, 0.3) is 5.91 Å². The summed E-state index contributed by atoms with van der Waals surface area (Å²) in [7, 11) is 3.54. The first kappa shape index (κ1) is 32.6. The number of carbonyl (C=O) groups is 2. The normalized spacial score (nSPS) is 14.4. The zero-order valence-electron chi connectivity index (χ0n) is 24.4. The molecule has 2 aromatic rings. The SMILES string of the molecule is C.CCC(CC)(c1ccc(C(=O)C(C)C(O)(CC)C(C)(C)C)c(C)c1)c1ccc(C(=O)N(C)C)c(C)c1. The van der Waals surface area contributed by atoms with Crippen LogP contribution in [0.2, 0.25) is 0 Å². The first-order valence-electron chi connectivity index (χ1n) is 13.3. The van der Waals surface area contributed by atoms with Crippen LogP contribution in [0.4, 0.5) is 0 Å². The van der Waals surface area contributed by atoms with E-state index in [9.17, 15) is 14.7 Å². The number of amides is 1. The van der Waals surface area contributed by atoms with Crippen LogP contribution < -0.4 is 0 Å². The fraction of sp³-hybridized carbons (Fsp3) is 0.576. The molecule has 2 rings (SSSR count). The van der Waals surface area contributed by atoms with Crippen LogP contribution >= 0.6 is 0 Å². The van der Waals surface area contributed by atoms with Crippen molar-refractivity contribution in [2.75, 3.05) is 14.1 Å². The molecule has 2 atom stereocenters. The number of hydrogen-bond donors (Lipinski definition) is 1. The van der Waals surface area contributed by atoms with E-state index in [4.69, 9.17) is 0 Å². The van der Waals surface area contributed by atoms with Gasteiger partial charge in [-0.1, -0.05) is 86.2 Å². The third-order valence-electron chi connectivity index (χ3n) is 8.61. The number of hydrogen-bond acceptors (Lipinski definition) is 3. The number of aryl methyl sites for hydroxylation is 2. The molecule has 0 fully saturated rings. The molecule has 0 heterocycles. The van der Waals surface area contributed by atoms with Gasteiger partial charge in [0.05, 0.1) is 5.60 Å². The number of nitrogens with zero attached hydrogens (tertiary/aromatic N) is 1. The molecular weight excluding hydrogens is 458 g/mol. The molecule has 206 valence electrons. The van der Waals surface area contributed by atoms with Gasteiger partial charge in [0.1, 0.15) is 0 Å². The average Bonchev–Trinajstić information content (AvgIpc) is 2.82. The van der Waals surface area contributed by atoms with Crippen LogP contribution in [-0.2, 0) is 5.41 Å². The maximum Gasteiger partial charge on any atom is 0.253 e. The Hall–Kier alpha value is -2.46. The van der Waals surface area contributed by atoms with E-state index in [1.54, 1.807) is 19.0 Å². The predicted octanol–water partition coefficient (Wildman–Crippen LogP) is 7.75. The quantitative estimate of drug-likeness (QED) is 0.352. The molecule has 1 amide bonds. The van der Waals surface area contributed by atoms with Crippen molar-refractivity contribution in [3.8, 4) is 0 Å². The minimum atomic E-state index is -1.09. The van der Waals surface area contributed by atoms with Gasteiger partial charge in [-0.05, 0) is 66.8 Å². The summed E-state index contributed by atoms with van der Waals surface area (Å²) < 4.78 is 0. The molecule has 0 aromatic heterocycles. The summed E-state index contributed by atoms with van der Waals surface area (Å²) in [6.45, 7) is 18.1. The van der Waals surface area contributed by atoms with E-state index >= 15 is 0 Å². The molecule has 0 saturated carbocycles. The van der Waals surface area contributed by atoms with Crippen molar-refractivity contribution in [2.45, 2.75) is 100 Å². The van der Waals surface area contributed by atoms with Crippen LogP contribution in [0.15, 0.2) is 36.4 Å². The van der Waals surface area contributed by atoms with Crippen molar-refractivity contribution in [2.24, 2.45) is 11.3 Å². The van der Waals surface area contributed by atoms with E-state index in [2.05, 4.69) is 38.1 Å². The van der Waals surface area contributed by atoms with Crippen LogP contribution in [0, 0.1) is 25.2 Å². The average molecular weight is 510 g/mol. The van der Waals surface area contributed by atoms with Crippen molar-refractivity contribution in [1.29, 1.82) is 0 Å². The number of benzene rings is 2. The summed E-state index contributed by atoms with van der Waals surface area (Å²) in [4.78, 5) is 27.8. The first-order chi connectivity index (χ1) is 16.6. The highest BCUT2D eigenvalue weighted by molar-refractivity contribution is 6.00. The van der Waals surface area contributed by atoms with Crippen molar-refractivity contribution >= 4 is 11.7 Å². The second-order valence-corrected chi connectivity index (χ2v) is 11.7. The molecule has 4 nitrogen and oxygen atoms in total. The third kappa shape index (κ3) is 5.85. The first-order valence-corrected chi connectivity index (χ1v) is 13.3. The van der Waals surface area contributed by atoms with E-state index in [-0.39, 0.29) is 24.5 Å². The standard InChI is InChI=1S/C32H47NO3.CH4/c1-12-31(13-2,25-16-18-27(22(5)20-25)29(35)33(10)11)24-15-17-26(21(4)19-24)28(34)23(6)32(36,14-3)30(7,8)9;/h15-20,23,36H,12-14H2,1-11H3;1H4. The molecule has 0 aliphatic heterocycles. The topological polar surface area (TPSA) is 57.6 Å². The van der Waals surface area contributed by atoms with Gasteiger partial charge in [-0.2, -0.15) is 0 Å². The minimum absolute atomic E-state index is 0. The molecule has 0 bridgehead atoms. The van der Waals surface area contributed by atoms with Crippen molar-refractivity contribution in [3.63, 3.8) is 0 Å². The Balaban J connectivity index is 0.00000684. The fourth-order valence-electron chi connectivity index (χ4n) is 5.85. The van der Waals surface area contributed by atoms with Crippen LogP contribution in [0.3, 0.4) is 0 Å². The van der Waals surface area contributed by atoms with Gasteiger partial charge in [0.2, 0.25) is 0 Å². The van der Waals surface area contributed by atoms with Crippen LogP contribution in [0.5, 0.6) is 0 Å². The van der Waals surface area contributed by atoms with Crippen molar-refractivity contribution < 1.29 is 14.7 Å². The summed E-state index contributed by atoms with van der Waals surface area (Å²) in [6, 6.07) is 12.3. The Kier molecular flexibility index (Phi) is 10.5. The smallest absolute Gasteiger partial charge is 0.253 e. The molecule has 4 heteroatoms. The number of carbonyl (C=O) groups excluding carboxylic acids is 2. The van der Waals surface area contributed by atoms with Crippen molar-refractivity contribution in [1.82, 2.24) is 4.90 Å². The summed E-state index contributed by atoms with van der Waals surface area (Å²) in [5, 5.41) is 11.4. The number of aliphatic hydroxyl groups is 1. The molecule has 37 heavy (non-hydrogen) atoms. The van der Waals surface area contributed by atoms with Gasteiger partial charge < -0.3 is 10.0 Å². The monoisotopic (exact) mass is 509 g/mol. The van der Waals surface area contributed by atoms with E-state index in [0.29, 0.717) is 12.0 Å². The Morgan fingerprint density at radius 2 is 1.27 bits per heavy atom. The lowest BCUT2D eigenvalue weighted by molar-refractivity contribution is -0.0907. The third-order valence-corrected chi connectivity index (χ3v) is 8.61. The molecule has 0 aliphatic rings. The van der Waals surface area contributed by atoms with E-state index in [1.807, 2.05) is 60.6 Å². The van der Waals surface area contributed by atoms with E-state index < -0.39 is 16.9 Å². The summed E-state index contributed by atoms with van der Waals surface area (Å²) in [5.74, 6) is -0.523. The molecule has 0 aliphatic carbocycles. The zero-order valence-corrected chi connectivity index (χ0v) is 24.4. The maximum atomic E-state index is 13.6. The molecule has 2 unspecified atom stereocenters. The lowest BCUT2D eigenvalue weighted by Gasteiger charge is -2.43. The number of Topliss-reactive ketones (excluding diaryl/α,β-unsaturated/α-hetero) is 1. The maximum absolute atomic E-state index is 13.6. The lowest BCUT2D eigenvalue weighted by Crippen LogP contribution is -2.50. The van der Waals surface area contributed by atoms with Gasteiger partial charge in [0, 0.05) is 36.6 Å². The molecule has 2 aromatic carbocycles. The highest BCUT2D eigenvalue weighted by Crippen LogP contribution is 2.43. The lowest BCUT2D eigenvalue weighted by atomic mass is 9.65. The Morgan fingerprint density at radius 3 is 1.59 bits per heavy atom. The minimum Gasteiger partial charge on any atom is -0.389 e.